The van der Waals surface area contributed by atoms with Gasteiger partial charge in [0.2, 0.25) is 0 Å². The van der Waals surface area contributed by atoms with Crippen molar-refractivity contribution in [1.82, 2.24) is 0 Å². The van der Waals surface area contributed by atoms with E-state index in [9.17, 15) is 13.2 Å². The van der Waals surface area contributed by atoms with E-state index >= 15 is 0 Å². The van der Waals surface area contributed by atoms with Crippen molar-refractivity contribution in [2.75, 3.05) is 6.61 Å². The smallest absolute Gasteiger partial charge is 0.422 e. The standard InChI is InChI=1S/C17H20F3NO/c1-5-12-7-14(22-10-17(18,19)20)6-11(2)15(12)13-8-16(3,4)21-9-13/h6-9H,5,10H2,1-4H3. The van der Waals surface area contributed by atoms with E-state index in [2.05, 4.69) is 11.1 Å². The predicted octanol–water partition coefficient (Wildman–Crippen LogP) is 4.74. The highest BCUT2D eigenvalue weighted by Crippen LogP contribution is 2.33. The maximum Gasteiger partial charge on any atom is 0.422 e. The van der Waals surface area contributed by atoms with Gasteiger partial charge in [-0.15, -0.1) is 0 Å². The highest BCUT2D eigenvalue weighted by atomic mass is 19.4. The van der Waals surface area contributed by atoms with Crippen LogP contribution in [0.2, 0.25) is 0 Å². The predicted molar refractivity (Wildman–Crippen MR) is 82.7 cm³/mol. The van der Waals surface area contributed by atoms with Crippen LogP contribution in [0.5, 0.6) is 5.75 Å². The fourth-order valence-electron chi connectivity index (χ4n) is 2.59. The van der Waals surface area contributed by atoms with Gasteiger partial charge in [-0.2, -0.15) is 13.2 Å². The summed E-state index contributed by atoms with van der Waals surface area (Å²) < 4.78 is 41.7. The summed E-state index contributed by atoms with van der Waals surface area (Å²) >= 11 is 0. The van der Waals surface area contributed by atoms with E-state index < -0.39 is 12.8 Å². The third-order valence-corrected chi connectivity index (χ3v) is 3.51. The Kier molecular flexibility index (Phi) is 4.36. The van der Waals surface area contributed by atoms with Gasteiger partial charge in [-0.05, 0) is 67.7 Å². The Morgan fingerprint density at radius 3 is 2.41 bits per heavy atom. The molecule has 1 aromatic carbocycles. The number of halogens is 3. The number of ether oxygens (including phenoxy) is 1. The second-order valence-electron chi connectivity index (χ2n) is 6.04. The summed E-state index contributed by atoms with van der Waals surface area (Å²) in [5.74, 6) is 0.255. The second kappa shape index (κ2) is 5.78. The number of aryl methyl sites for hydroxylation is 2. The van der Waals surface area contributed by atoms with Crippen LogP contribution < -0.4 is 4.74 Å². The normalized spacial score (nSPS) is 16.8. The molecule has 22 heavy (non-hydrogen) atoms. The molecule has 0 aromatic heterocycles. The van der Waals surface area contributed by atoms with Crippen LogP contribution in [0.15, 0.2) is 23.2 Å². The first-order chi connectivity index (χ1) is 10.1. The highest BCUT2D eigenvalue weighted by Gasteiger charge is 2.29. The van der Waals surface area contributed by atoms with Gasteiger partial charge in [0.15, 0.2) is 6.61 Å². The first-order valence-corrected chi connectivity index (χ1v) is 7.23. The molecular weight excluding hydrogens is 291 g/mol. The van der Waals surface area contributed by atoms with Crippen LogP contribution in [0.1, 0.15) is 37.5 Å². The van der Waals surface area contributed by atoms with Crippen molar-refractivity contribution < 1.29 is 17.9 Å². The zero-order chi connectivity index (χ0) is 16.5. The molecule has 0 aliphatic carbocycles. The molecule has 5 heteroatoms. The van der Waals surface area contributed by atoms with Crippen molar-refractivity contribution in [1.29, 1.82) is 0 Å². The van der Waals surface area contributed by atoms with Crippen molar-refractivity contribution in [3.05, 3.63) is 34.9 Å². The average molecular weight is 311 g/mol. The van der Waals surface area contributed by atoms with Gasteiger partial charge in [0.1, 0.15) is 5.75 Å². The number of rotatable bonds is 4. The summed E-state index contributed by atoms with van der Waals surface area (Å²) in [6.07, 6.45) is 0.289. The molecule has 0 atom stereocenters. The van der Waals surface area contributed by atoms with E-state index in [0.717, 1.165) is 22.3 Å². The van der Waals surface area contributed by atoms with E-state index in [1.54, 1.807) is 12.1 Å². The van der Waals surface area contributed by atoms with E-state index in [0.29, 0.717) is 6.42 Å². The minimum atomic E-state index is -4.33. The summed E-state index contributed by atoms with van der Waals surface area (Å²) in [6.45, 7) is 6.61. The van der Waals surface area contributed by atoms with E-state index in [1.165, 1.54) is 0 Å². The maximum atomic E-state index is 12.3. The Bertz CT molecular complexity index is 628. The number of alkyl halides is 3. The first-order valence-electron chi connectivity index (χ1n) is 7.23. The minimum Gasteiger partial charge on any atom is -0.484 e. The number of aliphatic imine (C=N–C) groups is 1. The van der Waals surface area contributed by atoms with Crippen molar-refractivity contribution in [3.8, 4) is 5.75 Å². The molecule has 2 rings (SSSR count). The molecule has 1 aromatic rings. The quantitative estimate of drug-likeness (QED) is 0.786. The molecule has 0 saturated carbocycles. The molecule has 0 N–H and O–H groups in total. The molecule has 2 nitrogen and oxygen atoms in total. The molecule has 0 amide bonds. The highest BCUT2D eigenvalue weighted by molar-refractivity contribution is 6.13. The van der Waals surface area contributed by atoms with Gasteiger partial charge < -0.3 is 4.74 Å². The number of benzene rings is 1. The minimum absolute atomic E-state index is 0.238. The Morgan fingerprint density at radius 1 is 1.23 bits per heavy atom. The fourth-order valence-corrected chi connectivity index (χ4v) is 2.59. The van der Waals surface area contributed by atoms with Crippen LogP contribution in [0.3, 0.4) is 0 Å². The van der Waals surface area contributed by atoms with Crippen LogP contribution in [0.4, 0.5) is 13.2 Å². The van der Waals surface area contributed by atoms with Crippen molar-refractivity contribution in [3.63, 3.8) is 0 Å². The van der Waals surface area contributed by atoms with Crippen LogP contribution in [0, 0.1) is 6.92 Å². The lowest BCUT2D eigenvalue weighted by Crippen LogP contribution is -2.19. The lowest BCUT2D eigenvalue weighted by atomic mass is 9.92. The molecule has 1 aliphatic heterocycles. The van der Waals surface area contributed by atoms with Gasteiger partial charge in [0.05, 0.1) is 5.54 Å². The number of nitrogens with zero attached hydrogens (tertiary/aromatic N) is 1. The summed E-state index contributed by atoms with van der Waals surface area (Å²) in [4.78, 5) is 4.44. The first kappa shape index (κ1) is 16.6. The molecule has 120 valence electrons. The maximum absolute atomic E-state index is 12.3. The SMILES string of the molecule is CCc1cc(OCC(F)(F)F)cc(C)c1C1=CC(C)(C)N=C1. The monoisotopic (exact) mass is 311 g/mol. The lowest BCUT2D eigenvalue weighted by Gasteiger charge is -2.16. The van der Waals surface area contributed by atoms with E-state index in [-0.39, 0.29) is 11.3 Å². The zero-order valence-corrected chi connectivity index (χ0v) is 13.2. The molecular formula is C17H20F3NO. The lowest BCUT2D eigenvalue weighted by molar-refractivity contribution is -0.153. The Labute approximate surface area is 128 Å². The molecule has 1 aliphatic rings. The summed E-state index contributed by atoms with van der Waals surface area (Å²) in [7, 11) is 0. The average Bonchev–Trinajstić information content (AvgIpc) is 2.74. The van der Waals surface area contributed by atoms with Crippen LogP contribution in [-0.2, 0) is 6.42 Å². The Morgan fingerprint density at radius 2 is 1.91 bits per heavy atom. The fraction of sp³-hybridized carbons (Fsp3) is 0.471. The molecule has 0 saturated heterocycles. The summed E-state index contributed by atoms with van der Waals surface area (Å²) in [5.41, 5.74) is 3.68. The van der Waals surface area contributed by atoms with Gasteiger partial charge in [-0.1, -0.05) is 6.92 Å². The molecule has 0 radical (unpaired) electrons. The Balaban J connectivity index is 2.35. The van der Waals surface area contributed by atoms with Gasteiger partial charge >= 0.3 is 6.18 Å². The number of hydrogen-bond donors (Lipinski definition) is 0. The van der Waals surface area contributed by atoms with Gasteiger partial charge in [0, 0.05) is 6.21 Å². The summed E-state index contributed by atoms with van der Waals surface area (Å²) in [5, 5.41) is 0. The molecule has 1 heterocycles. The molecule has 0 fully saturated rings. The zero-order valence-electron chi connectivity index (χ0n) is 13.2. The number of hydrogen-bond acceptors (Lipinski definition) is 2. The van der Waals surface area contributed by atoms with Crippen molar-refractivity contribution >= 4 is 11.8 Å². The topological polar surface area (TPSA) is 21.6 Å². The van der Waals surface area contributed by atoms with E-state index in [1.807, 2.05) is 33.9 Å². The van der Waals surface area contributed by atoms with E-state index in [4.69, 9.17) is 4.74 Å². The van der Waals surface area contributed by atoms with Gasteiger partial charge in [0.25, 0.3) is 0 Å². The van der Waals surface area contributed by atoms with Crippen molar-refractivity contribution in [2.45, 2.75) is 45.8 Å². The van der Waals surface area contributed by atoms with Gasteiger partial charge in [-0.25, -0.2) is 0 Å². The molecule has 0 bridgehead atoms. The molecule has 0 unspecified atom stereocenters. The second-order valence-corrected chi connectivity index (χ2v) is 6.04. The van der Waals surface area contributed by atoms with Crippen LogP contribution in [0.25, 0.3) is 5.57 Å². The van der Waals surface area contributed by atoms with Crippen LogP contribution in [-0.4, -0.2) is 24.5 Å². The van der Waals surface area contributed by atoms with Gasteiger partial charge in [-0.3, -0.25) is 4.99 Å². The largest absolute Gasteiger partial charge is 0.484 e. The number of allylic oxidation sites excluding steroid dienone is 1. The third-order valence-electron chi connectivity index (χ3n) is 3.51. The molecule has 0 spiro atoms. The summed E-state index contributed by atoms with van der Waals surface area (Å²) in [6, 6.07) is 3.34. The Hall–Kier alpha value is -1.78. The third kappa shape index (κ3) is 3.90. The van der Waals surface area contributed by atoms with Crippen LogP contribution >= 0.6 is 0 Å². The van der Waals surface area contributed by atoms with Crippen molar-refractivity contribution in [2.24, 2.45) is 4.99 Å².